The van der Waals surface area contributed by atoms with Crippen LogP contribution in [0.1, 0.15) is 44.0 Å². The third-order valence-corrected chi connectivity index (χ3v) is 11.2. The van der Waals surface area contributed by atoms with E-state index in [-0.39, 0.29) is 23.0 Å². The molecule has 2 rings (SSSR count). The number of rotatable bonds is 11. The molecule has 35 heavy (non-hydrogen) atoms. The van der Waals surface area contributed by atoms with Crippen LogP contribution in [-0.4, -0.2) is 52.8 Å². The standard InChI is InChI=1S/C24H36N2O7SSi/c1-24(2,3)35(6,7)33-21(17-10-13-20(27)19(14-17)26-34(5,30)31)15-25-22(23(28)29)16-8-11-18(32-4)12-9-16/h8-14,21-22,25-27H,15H2,1-7H3,(H,28,29)/t21-,22?/m1/s1. The van der Waals surface area contributed by atoms with E-state index in [0.717, 1.165) is 6.26 Å². The molecule has 0 aliphatic heterocycles. The van der Waals surface area contributed by atoms with Crippen molar-refractivity contribution in [3.63, 3.8) is 0 Å². The van der Waals surface area contributed by atoms with Crippen LogP contribution >= 0.6 is 0 Å². The Balaban J connectivity index is 2.42. The first-order valence-corrected chi connectivity index (χ1v) is 15.9. The molecule has 0 saturated heterocycles. The Kier molecular flexibility index (Phi) is 8.98. The van der Waals surface area contributed by atoms with Crippen LogP contribution in [0.2, 0.25) is 18.1 Å². The van der Waals surface area contributed by atoms with E-state index in [4.69, 9.17) is 9.16 Å². The quantitative estimate of drug-likeness (QED) is 0.253. The number of carbonyl (C=O) groups is 1. The second kappa shape index (κ2) is 11.0. The molecule has 9 nitrogen and oxygen atoms in total. The van der Waals surface area contributed by atoms with Crippen LogP contribution in [0.15, 0.2) is 42.5 Å². The molecule has 0 radical (unpaired) electrons. The van der Waals surface area contributed by atoms with Crippen molar-refractivity contribution in [1.29, 1.82) is 0 Å². The number of hydrogen-bond donors (Lipinski definition) is 4. The zero-order valence-corrected chi connectivity index (χ0v) is 23.1. The van der Waals surface area contributed by atoms with Gasteiger partial charge < -0.3 is 19.4 Å². The number of aliphatic carboxylic acids is 1. The second-order valence-electron chi connectivity index (χ2n) is 9.97. The minimum atomic E-state index is -3.62. The average molecular weight is 525 g/mol. The highest BCUT2D eigenvalue weighted by Crippen LogP contribution is 2.40. The number of phenols is 1. The molecule has 0 aliphatic carbocycles. The lowest BCUT2D eigenvalue weighted by Gasteiger charge is -2.39. The van der Waals surface area contributed by atoms with Gasteiger partial charge in [0.05, 0.1) is 25.2 Å². The third kappa shape index (κ3) is 7.96. The minimum absolute atomic E-state index is 0.0266. The molecule has 2 atom stereocenters. The predicted octanol–water partition coefficient (Wildman–Crippen LogP) is 4.25. The molecule has 0 amide bonds. The Morgan fingerprint density at radius 1 is 1.09 bits per heavy atom. The summed E-state index contributed by atoms with van der Waals surface area (Å²) < 4.78 is 37.6. The molecule has 0 aliphatic rings. The van der Waals surface area contributed by atoms with Crippen molar-refractivity contribution in [1.82, 2.24) is 5.32 Å². The smallest absolute Gasteiger partial charge is 0.325 e. The van der Waals surface area contributed by atoms with E-state index in [1.165, 1.54) is 19.2 Å². The summed E-state index contributed by atoms with van der Waals surface area (Å²) in [6, 6.07) is 10.3. The third-order valence-electron chi connectivity index (χ3n) is 6.13. The number of carboxylic acids is 1. The molecule has 2 aromatic carbocycles. The fourth-order valence-electron chi connectivity index (χ4n) is 3.16. The van der Waals surface area contributed by atoms with E-state index in [9.17, 15) is 23.4 Å². The van der Waals surface area contributed by atoms with Gasteiger partial charge in [-0.25, -0.2) is 8.42 Å². The first kappa shape index (κ1) is 28.6. The number of ether oxygens (including phenoxy) is 1. The average Bonchev–Trinajstić information content (AvgIpc) is 2.73. The maximum absolute atomic E-state index is 12.1. The maximum Gasteiger partial charge on any atom is 0.325 e. The lowest BCUT2D eigenvalue weighted by Crippen LogP contribution is -2.44. The molecule has 0 aromatic heterocycles. The Morgan fingerprint density at radius 2 is 1.66 bits per heavy atom. The monoisotopic (exact) mass is 524 g/mol. The van der Waals surface area contributed by atoms with E-state index in [1.54, 1.807) is 30.3 Å². The van der Waals surface area contributed by atoms with Crippen LogP contribution in [0.4, 0.5) is 5.69 Å². The Labute approximate surface area is 208 Å². The van der Waals surface area contributed by atoms with Crippen LogP contribution in [-0.2, 0) is 19.2 Å². The van der Waals surface area contributed by atoms with Crippen LogP contribution in [0.3, 0.4) is 0 Å². The number of hydrogen-bond acceptors (Lipinski definition) is 7. The zero-order valence-electron chi connectivity index (χ0n) is 21.2. The van der Waals surface area contributed by atoms with Gasteiger partial charge >= 0.3 is 5.97 Å². The van der Waals surface area contributed by atoms with Gasteiger partial charge in [-0.1, -0.05) is 39.0 Å². The van der Waals surface area contributed by atoms with Gasteiger partial charge in [0.2, 0.25) is 10.0 Å². The van der Waals surface area contributed by atoms with Crippen molar-refractivity contribution in [2.75, 3.05) is 24.6 Å². The molecule has 0 spiro atoms. The lowest BCUT2D eigenvalue weighted by molar-refractivity contribution is -0.139. The maximum atomic E-state index is 12.1. The Morgan fingerprint density at radius 3 is 2.14 bits per heavy atom. The SMILES string of the molecule is COc1ccc(C(NC[C@@H](O[Si](C)(C)C(C)(C)C)c2ccc(O)c(NS(C)(=O)=O)c2)C(=O)O)cc1. The van der Waals surface area contributed by atoms with E-state index in [2.05, 4.69) is 43.9 Å². The highest BCUT2D eigenvalue weighted by molar-refractivity contribution is 7.92. The first-order chi connectivity index (χ1) is 16.0. The summed E-state index contributed by atoms with van der Waals surface area (Å²) in [6.45, 7) is 10.6. The summed E-state index contributed by atoms with van der Waals surface area (Å²) in [5.41, 5.74) is 1.18. The molecule has 0 saturated carbocycles. The van der Waals surface area contributed by atoms with Gasteiger partial charge in [0.25, 0.3) is 0 Å². The van der Waals surface area contributed by atoms with E-state index in [1.807, 2.05) is 0 Å². The first-order valence-electron chi connectivity index (χ1n) is 11.1. The van der Waals surface area contributed by atoms with Gasteiger partial charge in [-0.15, -0.1) is 0 Å². The van der Waals surface area contributed by atoms with E-state index in [0.29, 0.717) is 16.9 Å². The van der Waals surface area contributed by atoms with Gasteiger partial charge in [-0.05, 0) is 53.5 Å². The van der Waals surface area contributed by atoms with Crippen molar-refractivity contribution < 1.29 is 32.6 Å². The number of sulfonamides is 1. The van der Waals surface area contributed by atoms with Crippen LogP contribution in [0.5, 0.6) is 11.5 Å². The van der Waals surface area contributed by atoms with Crippen molar-refractivity contribution >= 4 is 30.0 Å². The largest absolute Gasteiger partial charge is 0.506 e. The summed E-state index contributed by atoms with van der Waals surface area (Å²) >= 11 is 0. The molecule has 4 N–H and O–H groups in total. The molecule has 11 heteroatoms. The fourth-order valence-corrected chi connectivity index (χ4v) is 5.01. The predicted molar refractivity (Wildman–Crippen MR) is 139 cm³/mol. The highest BCUT2D eigenvalue weighted by Gasteiger charge is 2.40. The summed E-state index contributed by atoms with van der Waals surface area (Å²) in [4.78, 5) is 12.1. The topological polar surface area (TPSA) is 134 Å². The molecule has 0 bridgehead atoms. The number of anilines is 1. The number of benzene rings is 2. The zero-order chi connectivity index (χ0) is 26.6. The summed E-state index contributed by atoms with van der Waals surface area (Å²) in [6.07, 6.45) is 0.396. The minimum Gasteiger partial charge on any atom is -0.506 e. The molecule has 194 valence electrons. The summed E-state index contributed by atoms with van der Waals surface area (Å²) in [5.74, 6) is -0.654. The van der Waals surface area contributed by atoms with Gasteiger partial charge in [-0.2, -0.15) is 0 Å². The number of phenolic OH excluding ortho intramolecular Hbond substituents is 1. The summed E-state index contributed by atoms with van der Waals surface area (Å²) in [7, 11) is -4.41. The second-order valence-corrected chi connectivity index (χ2v) is 16.5. The molecule has 1 unspecified atom stereocenters. The highest BCUT2D eigenvalue weighted by atomic mass is 32.2. The number of carboxylic acid groups (broad SMARTS) is 1. The molecular weight excluding hydrogens is 488 g/mol. The fraction of sp³-hybridized carbons (Fsp3) is 0.458. The number of nitrogens with one attached hydrogen (secondary N) is 2. The molecular formula is C24H36N2O7SSi. The van der Waals surface area contributed by atoms with Gasteiger partial charge in [0.15, 0.2) is 8.32 Å². The van der Waals surface area contributed by atoms with Crippen LogP contribution < -0.4 is 14.8 Å². The Hall–Kier alpha value is -2.60. The van der Waals surface area contributed by atoms with Gasteiger partial charge in [0.1, 0.15) is 17.5 Å². The summed E-state index contributed by atoms with van der Waals surface area (Å²) in [5, 5.41) is 23.0. The molecule has 0 fully saturated rings. The van der Waals surface area contributed by atoms with Crippen molar-refractivity contribution in [3.8, 4) is 11.5 Å². The number of aromatic hydroxyl groups is 1. The number of methoxy groups -OCH3 is 1. The van der Waals surface area contributed by atoms with Gasteiger partial charge in [-0.3, -0.25) is 14.8 Å². The van der Waals surface area contributed by atoms with Crippen molar-refractivity contribution in [3.05, 3.63) is 53.6 Å². The Bertz CT molecular complexity index is 1130. The van der Waals surface area contributed by atoms with Crippen molar-refractivity contribution in [2.24, 2.45) is 0 Å². The van der Waals surface area contributed by atoms with Crippen LogP contribution in [0.25, 0.3) is 0 Å². The lowest BCUT2D eigenvalue weighted by atomic mass is 10.0. The van der Waals surface area contributed by atoms with Gasteiger partial charge in [0, 0.05) is 6.54 Å². The molecule has 2 aromatic rings. The molecule has 0 heterocycles. The van der Waals surface area contributed by atoms with Crippen molar-refractivity contribution in [2.45, 2.75) is 51.0 Å². The van der Waals surface area contributed by atoms with Crippen LogP contribution in [0, 0.1) is 0 Å². The van der Waals surface area contributed by atoms with E-state index >= 15 is 0 Å². The normalized spacial score (nSPS) is 14.3. The van der Waals surface area contributed by atoms with E-state index < -0.39 is 36.5 Å².